The van der Waals surface area contributed by atoms with Crippen LogP contribution in [-0.2, 0) is 9.59 Å². The van der Waals surface area contributed by atoms with Crippen LogP contribution < -0.4 is 5.32 Å². The van der Waals surface area contributed by atoms with Crippen molar-refractivity contribution in [1.82, 2.24) is 15.1 Å². The van der Waals surface area contributed by atoms with Gasteiger partial charge in [-0.05, 0) is 38.5 Å². The number of carbonyl (C=O) groups excluding carboxylic acids is 2. The maximum atomic E-state index is 12.3. The highest BCUT2D eigenvalue weighted by Gasteiger charge is 2.41. The highest BCUT2D eigenvalue weighted by molar-refractivity contribution is 5.89. The second-order valence-electron chi connectivity index (χ2n) is 6.54. The fourth-order valence-corrected chi connectivity index (χ4v) is 3.83. The van der Waals surface area contributed by atoms with Crippen molar-refractivity contribution in [3.8, 4) is 0 Å². The number of urea groups is 1. The Morgan fingerprint density at radius 1 is 1.14 bits per heavy atom. The molecule has 3 rings (SSSR count). The zero-order valence-electron chi connectivity index (χ0n) is 12.7. The van der Waals surface area contributed by atoms with Crippen LogP contribution in [0.5, 0.6) is 0 Å². The van der Waals surface area contributed by atoms with E-state index >= 15 is 0 Å². The van der Waals surface area contributed by atoms with Crippen molar-refractivity contribution in [2.24, 2.45) is 5.92 Å². The van der Waals surface area contributed by atoms with Gasteiger partial charge in [0.1, 0.15) is 6.04 Å². The number of rotatable bonds is 2. The van der Waals surface area contributed by atoms with Crippen molar-refractivity contribution in [2.45, 2.75) is 50.6 Å². The van der Waals surface area contributed by atoms with E-state index in [1.54, 1.807) is 0 Å². The Morgan fingerprint density at radius 2 is 1.95 bits per heavy atom. The summed E-state index contributed by atoms with van der Waals surface area (Å²) in [5.74, 6) is -1.33. The van der Waals surface area contributed by atoms with E-state index in [1.807, 2.05) is 4.90 Å². The summed E-state index contributed by atoms with van der Waals surface area (Å²) in [6.45, 7) is 1.58. The number of fused-ring (bicyclic) bond motifs is 1. The molecule has 0 radical (unpaired) electrons. The summed E-state index contributed by atoms with van der Waals surface area (Å²) in [6.07, 6.45) is 5.18. The molecule has 22 heavy (non-hydrogen) atoms. The molecular weight excluding hydrogens is 286 g/mol. The molecule has 3 heterocycles. The number of nitrogens with one attached hydrogen (secondary N) is 1. The van der Waals surface area contributed by atoms with Crippen LogP contribution in [0.25, 0.3) is 0 Å². The summed E-state index contributed by atoms with van der Waals surface area (Å²) < 4.78 is 0. The number of hydrogen-bond donors (Lipinski definition) is 2. The number of carbonyl (C=O) groups is 3. The third-order valence-corrected chi connectivity index (χ3v) is 5.07. The van der Waals surface area contributed by atoms with Gasteiger partial charge in [0.05, 0.1) is 5.92 Å². The van der Waals surface area contributed by atoms with Crippen LogP contribution in [0, 0.1) is 5.92 Å². The number of piperidine rings is 2. The number of carboxylic acids is 1. The van der Waals surface area contributed by atoms with E-state index in [0.717, 1.165) is 25.8 Å². The standard InChI is InChI=1S/C15H23N3O4/c19-13-12(8-11-5-1-2-7-18(11)13)16-15(22)17-6-3-4-10(9-17)14(20)21/h10-12H,1-9H2,(H,16,22)(H,20,21). The van der Waals surface area contributed by atoms with Gasteiger partial charge in [0.15, 0.2) is 0 Å². The van der Waals surface area contributed by atoms with Gasteiger partial charge in [-0.2, -0.15) is 0 Å². The monoisotopic (exact) mass is 309 g/mol. The number of nitrogens with zero attached hydrogens (tertiary/aromatic N) is 2. The van der Waals surface area contributed by atoms with Crippen LogP contribution >= 0.6 is 0 Å². The maximum Gasteiger partial charge on any atom is 0.318 e. The SMILES string of the molecule is O=C(O)C1CCCN(C(=O)NC2CC3CCCCN3C2=O)C1. The lowest BCUT2D eigenvalue weighted by Gasteiger charge is -2.31. The zero-order chi connectivity index (χ0) is 15.7. The quantitative estimate of drug-likeness (QED) is 0.783. The minimum atomic E-state index is -0.855. The highest BCUT2D eigenvalue weighted by Crippen LogP contribution is 2.28. The first-order valence-corrected chi connectivity index (χ1v) is 8.15. The second kappa shape index (κ2) is 6.14. The zero-order valence-corrected chi connectivity index (χ0v) is 12.7. The number of likely N-dealkylation sites (tertiary alicyclic amines) is 1. The van der Waals surface area contributed by atoms with E-state index in [0.29, 0.717) is 25.8 Å². The van der Waals surface area contributed by atoms with Gasteiger partial charge in [0, 0.05) is 25.7 Å². The minimum Gasteiger partial charge on any atom is -0.481 e. The molecular formula is C15H23N3O4. The van der Waals surface area contributed by atoms with Crippen molar-refractivity contribution in [1.29, 1.82) is 0 Å². The lowest BCUT2D eigenvalue weighted by atomic mass is 9.98. The molecule has 3 fully saturated rings. The maximum absolute atomic E-state index is 12.3. The van der Waals surface area contributed by atoms with Gasteiger partial charge in [-0.3, -0.25) is 9.59 Å². The molecule has 0 aliphatic carbocycles. The van der Waals surface area contributed by atoms with E-state index < -0.39 is 17.9 Å². The molecule has 3 atom stereocenters. The summed E-state index contributed by atoms with van der Waals surface area (Å²) in [4.78, 5) is 39.2. The molecule has 3 unspecified atom stereocenters. The van der Waals surface area contributed by atoms with Crippen molar-refractivity contribution in [3.05, 3.63) is 0 Å². The number of carboxylic acid groups (broad SMARTS) is 1. The molecule has 3 aliphatic heterocycles. The van der Waals surface area contributed by atoms with Crippen LogP contribution in [0.15, 0.2) is 0 Å². The predicted molar refractivity (Wildman–Crippen MR) is 78.2 cm³/mol. The average Bonchev–Trinajstić information content (AvgIpc) is 2.84. The average molecular weight is 309 g/mol. The molecule has 0 aromatic rings. The van der Waals surface area contributed by atoms with Gasteiger partial charge in [-0.1, -0.05) is 0 Å². The predicted octanol–water partition coefficient (Wildman–Crippen LogP) is 0.646. The van der Waals surface area contributed by atoms with Gasteiger partial charge in [-0.25, -0.2) is 4.79 Å². The van der Waals surface area contributed by atoms with Gasteiger partial charge in [0.25, 0.3) is 0 Å². The third-order valence-electron chi connectivity index (χ3n) is 5.07. The minimum absolute atomic E-state index is 0.0184. The lowest BCUT2D eigenvalue weighted by Crippen LogP contribution is -2.51. The number of hydrogen-bond acceptors (Lipinski definition) is 3. The molecule has 122 valence electrons. The van der Waals surface area contributed by atoms with Crippen LogP contribution in [0.4, 0.5) is 4.79 Å². The van der Waals surface area contributed by atoms with Crippen molar-refractivity contribution >= 4 is 17.9 Å². The topological polar surface area (TPSA) is 89.9 Å². The van der Waals surface area contributed by atoms with Crippen LogP contribution in [0.2, 0.25) is 0 Å². The molecule has 7 nitrogen and oxygen atoms in total. The summed E-state index contributed by atoms with van der Waals surface area (Å²) in [5.41, 5.74) is 0. The van der Waals surface area contributed by atoms with Crippen molar-refractivity contribution in [2.75, 3.05) is 19.6 Å². The Bertz CT molecular complexity index is 481. The summed E-state index contributed by atoms with van der Waals surface area (Å²) >= 11 is 0. The van der Waals surface area contributed by atoms with E-state index in [2.05, 4.69) is 5.32 Å². The first-order valence-electron chi connectivity index (χ1n) is 8.15. The number of amides is 3. The third kappa shape index (κ3) is 2.89. The second-order valence-corrected chi connectivity index (χ2v) is 6.54. The molecule has 2 N–H and O–H groups in total. The van der Waals surface area contributed by atoms with Gasteiger partial charge in [0.2, 0.25) is 5.91 Å². The molecule has 0 bridgehead atoms. The lowest BCUT2D eigenvalue weighted by molar-refractivity contribution is -0.143. The molecule has 7 heteroatoms. The molecule has 0 spiro atoms. The highest BCUT2D eigenvalue weighted by atomic mass is 16.4. The molecule has 0 saturated carbocycles. The van der Waals surface area contributed by atoms with Crippen LogP contribution in [0.1, 0.15) is 38.5 Å². The Balaban J connectivity index is 1.57. The van der Waals surface area contributed by atoms with Crippen molar-refractivity contribution < 1.29 is 19.5 Å². The van der Waals surface area contributed by atoms with Gasteiger partial charge in [-0.15, -0.1) is 0 Å². The van der Waals surface area contributed by atoms with Crippen molar-refractivity contribution in [3.63, 3.8) is 0 Å². The fourth-order valence-electron chi connectivity index (χ4n) is 3.83. The molecule has 3 saturated heterocycles. The van der Waals surface area contributed by atoms with Crippen LogP contribution in [0.3, 0.4) is 0 Å². The summed E-state index contributed by atoms with van der Waals surface area (Å²) in [6, 6.07) is -0.482. The largest absolute Gasteiger partial charge is 0.481 e. The Labute approximate surface area is 129 Å². The Hall–Kier alpha value is -1.79. The Morgan fingerprint density at radius 3 is 2.68 bits per heavy atom. The van der Waals surface area contributed by atoms with E-state index in [4.69, 9.17) is 5.11 Å². The fraction of sp³-hybridized carbons (Fsp3) is 0.800. The smallest absolute Gasteiger partial charge is 0.318 e. The molecule has 0 aromatic heterocycles. The first kappa shape index (κ1) is 15.1. The summed E-state index contributed by atoms with van der Waals surface area (Å²) in [7, 11) is 0. The summed E-state index contributed by atoms with van der Waals surface area (Å²) in [5, 5.41) is 11.9. The van der Waals surface area contributed by atoms with E-state index in [9.17, 15) is 14.4 Å². The molecule has 0 aromatic carbocycles. The number of aliphatic carboxylic acids is 1. The van der Waals surface area contributed by atoms with Crippen LogP contribution in [-0.4, -0.2) is 64.5 Å². The van der Waals surface area contributed by atoms with Gasteiger partial charge >= 0.3 is 12.0 Å². The van der Waals surface area contributed by atoms with E-state index in [1.165, 1.54) is 4.90 Å². The molecule has 3 amide bonds. The van der Waals surface area contributed by atoms with Gasteiger partial charge < -0.3 is 20.2 Å². The first-order chi connectivity index (χ1) is 10.6. The normalized spacial score (nSPS) is 31.8. The molecule has 3 aliphatic rings. The van der Waals surface area contributed by atoms with E-state index in [-0.39, 0.29) is 24.5 Å². The Kier molecular flexibility index (Phi) is 4.22.